The summed E-state index contributed by atoms with van der Waals surface area (Å²) in [5.74, 6) is -0.222. The quantitative estimate of drug-likeness (QED) is 0.587. The van der Waals surface area contributed by atoms with Gasteiger partial charge in [0.1, 0.15) is 0 Å². The number of aliphatic hydroxyl groups excluding tert-OH is 1. The number of hydrogen-bond donors (Lipinski definition) is 2. The molecule has 5 heteroatoms. The van der Waals surface area contributed by atoms with Gasteiger partial charge in [-0.15, -0.1) is 12.4 Å². The number of carbonyl (C=O) groups excluding carboxylic acids is 1. The highest BCUT2D eigenvalue weighted by atomic mass is 35.5. The third kappa shape index (κ3) is 2.97. The van der Waals surface area contributed by atoms with Crippen LogP contribution in [0.5, 0.6) is 0 Å². The number of rotatable bonds is 2. The Balaban J connectivity index is 0.00000121. The third-order valence-electron chi connectivity index (χ3n) is 1.96. The van der Waals surface area contributed by atoms with Gasteiger partial charge in [-0.25, -0.2) is 0 Å². The van der Waals surface area contributed by atoms with E-state index in [2.05, 4.69) is 10.1 Å². The molecule has 1 rings (SSSR count). The largest absolute Gasteiger partial charge is 0.469 e. The second kappa shape index (κ2) is 5.35. The number of β-amino-alcohol motifs (C(OH)–C–C–N with tert-alkyl or cyclic N) is 1. The minimum atomic E-state index is -0.394. The minimum Gasteiger partial charge on any atom is -0.469 e. The highest BCUT2D eigenvalue weighted by molar-refractivity contribution is 5.85. The zero-order valence-corrected chi connectivity index (χ0v) is 7.76. The van der Waals surface area contributed by atoms with E-state index < -0.39 is 6.10 Å². The van der Waals surface area contributed by atoms with Crippen LogP contribution in [0.3, 0.4) is 0 Å². The summed E-state index contributed by atoms with van der Waals surface area (Å²) in [7, 11) is 1.36. The van der Waals surface area contributed by atoms with Crippen molar-refractivity contribution in [3.8, 4) is 0 Å². The van der Waals surface area contributed by atoms with Crippen molar-refractivity contribution in [3.63, 3.8) is 0 Å². The lowest BCUT2D eigenvalue weighted by Gasteiger charge is -2.10. The van der Waals surface area contributed by atoms with E-state index in [0.717, 1.165) is 0 Å². The molecule has 0 aliphatic carbocycles. The van der Waals surface area contributed by atoms with Crippen LogP contribution in [0.25, 0.3) is 0 Å². The molecule has 1 fully saturated rings. The van der Waals surface area contributed by atoms with Crippen molar-refractivity contribution in [1.29, 1.82) is 0 Å². The van der Waals surface area contributed by atoms with Crippen molar-refractivity contribution in [3.05, 3.63) is 0 Å². The van der Waals surface area contributed by atoms with E-state index in [1.165, 1.54) is 7.11 Å². The van der Waals surface area contributed by atoms with E-state index >= 15 is 0 Å². The van der Waals surface area contributed by atoms with Gasteiger partial charge in [-0.3, -0.25) is 4.79 Å². The van der Waals surface area contributed by atoms with Gasteiger partial charge in [0.15, 0.2) is 0 Å². The fraction of sp³-hybridized carbons (Fsp3) is 0.857. The SMILES string of the molecule is COC(=O)C[C@@H]1CNC[C@H]1O.Cl. The molecular weight excluding hydrogens is 182 g/mol. The van der Waals surface area contributed by atoms with E-state index in [4.69, 9.17) is 0 Å². The van der Waals surface area contributed by atoms with Crippen molar-refractivity contribution >= 4 is 18.4 Å². The second-order valence-corrected chi connectivity index (χ2v) is 2.77. The maximum Gasteiger partial charge on any atom is 0.305 e. The van der Waals surface area contributed by atoms with Gasteiger partial charge in [-0.1, -0.05) is 0 Å². The van der Waals surface area contributed by atoms with Gasteiger partial charge >= 0.3 is 5.97 Å². The van der Waals surface area contributed by atoms with Crippen molar-refractivity contribution in [2.75, 3.05) is 20.2 Å². The molecule has 0 aromatic carbocycles. The molecule has 12 heavy (non-hydrogen) atoms. The summed E-state index contributed by atoms with van der Waals surface area (Å²) >= 11 is 0. The van der Waals surface area contributed by atoms with E-state index in [9.17, 15) is 9.90 Å². The first kappa shape index (κ1) is 11.7. The molecule has 0 unspecified atom stereocenters. The number of carbonyl (C=O) groups is 1. The summed E-state index contributed by atoms with van der Waals surface area (Å²) in [6, 6.07) is 0. The smallest absolute Gasteiger partial charge is 0.305 e. The van der Waals surface area contributed by atoms with Crippen LogP contribution in [0, 0.1) is 5.92 Å². The predicted octanol–water partition coefficient (Wildman–Crippen LogP) is -0.448. The topological polar surface area (TPSA) is 58.6 Å². The van der Waals surface area contributed by atoms with Crippen LogP contribution in [-0.2, 0) is 9.53 Å². The Bertz CT molecular complexity index is 154. The molecule has 1 heterocycles. The van der Waals surface area contributed by atoms with Crippen LogP contribution in [0.15, 0.2) is 0 Å². The summed E-state index contributed by atoms with van der Waals surface area (Å²) in [5, 5.41) is 12.3. The van der Waals surface area contributed by atoms with Gasteiger partial charge in [-0.2, -0.15) is 0 Å². The van der Waals surface area contributed by atoms with Gasteiger partial charge in [0.05, 0.1) is 19.6 Å². The fourth-order valence-electron chi connectivity index (χ4n) is 1.22. The summed E-state index contributed by atoms with van der Waals surface area (Å²) in [6.45, 7) is 1.29. The number of methoxy groups -OCH3 is 1. The molecule has 4 nitrogen and oxygen atoms in total. The van der Waals surface area contributed by atoms with E-state index in [0.29, 0.717) is 19.5 Å². The van der Waals surface area contributed by atoms with Gasteiger partial charge in [0.2, 0.25) is 0 Å². The van der Waals surface area contributed by atoms with Gasteiger partial charge in [0, 0.05) is 19.0 Å². The second-order valence-electron chi connectivity index (χ2n) is 2.77. The predicted molar refractivity (Wildman–Crippen MR) is 46.2 cm³/mol. The molecule has 2 atom stereocenters. The first-order valence-corrected chi connectivity index (χ1v) is 3.69. The Labute approximate surface area is 77.7 Å². The molecule has 72 valence electrons. The lowest BCUT2D eigenvalue weighted by atomic mass is 10.0. The maximum atomic E-state index is 10.8. The number of hydrogen-bond acceptors (Lipinski definition) is 4. The fourth-order valence-corrected chi connectivity index (χ4v) is 1.22. The zero-order chi connectivity index (χ0) is 8.27. The van der Waals surface area contributed by atoms with E-state index in [-0.39, 0.29) is 24.3 Å². The molecular formula is C7H14ClNO3. The lowest BCUT2D eigenvalue weighted by molar-refractivity contribution is -0.142. The van der Waals surface area contributed by atoms with E-state index in [1.54, 1.807) is 0 Å². The molecule has 0 aromatic rings. The van der Waals surface area contributed by atoms with Gasteiger partial charge < -0.3 is 15.2 Å². The average Bonchev–Trinajstić information content (AvgIpc) is 2.37. The monoisotopic (exact) mass is 195 g/mol. The number of halogens is 1. The number of nitrogens with one attached hydrogen (secondary N) is 1. The molecule has 0 aromatic heterocycles. The Morgan fingerprint density at radius 1 is 1.67 bits per heavy atom. The highest BCUT2D eigenvalue weighted by Crippen LogP contribution is 2.13. The Hall–Kier alpha value is -0.320. The summed E-state index contributed by atoms with van der Waals surface area (Å²) in [6.07, 6.45) is -0.0842. The van der Waals surface area contributed by atoms with Crippen molar-refractivity contribution in [2.24, 2.45) is 5.92 Å². The molecule has 0 amide bonds. The third-order valence-corrected chi connectivity index (χ3v) is 1.96. The number of aliphatic hydroxyl groups is 1. The van der Waals surface area contributed by atoms with Crippen LogP contribution in [0.1, 0.15) is 6.42 Å². The van der Waals surface area contributed by atoms with Crippen LogP contribution < -0.4 is 5.32 Å². The van der Waals surface area contributed by atoms with Crippen LogP contribution in [0.2, 0.25) is 0 Å². The lowest BCUT2D eigenvalue weighted by Crippen LogP contribution is -2.21. The Kier molecular flexibility index (Phi) is 5.20. The van der Waals surface area contributed by atoms with Crippen molar-refractivity contribution in [2.45, 2.75) is 12.5 Å². The summed E-state index contributed by atoms with van der Waals surface area (Å²) in [4.78, 5) is 10.8. The normalized spacial score (nSPS) is 27.8. The molecule has 1 aliphatic heterocycles. The minimum absolute atomic E-state index is 0. The standard InChI is InChI=1S/C7H13NO3.ClH/c1-11-7(10)2-5-3-8-4-6(5)9;/h5-6,8-9H,2-4H2,1H3;1H/t5-,6-;/m1./s1. The summed E-state index contributed by atoms with van der Waals surface area (Å²) < 4.78 is 4.48. The highest BCUT2D eigenvalue weighted by Gasteiger charge is 2.27. The van der Waals surface area contributed by atoms with Crippen LogP contribution in [-0.4, -0.2) is 37.4 Å². The van der Waals surface area contributed by atoms with Gasteiger partial charge in [0.25, 0.3) is 0 Å². The molecule has 2 N–H and O–H groups in total. The number of ether oxygens (including phenoxy) is 1. The van der Waals surface area contributed by atoms with Crippen molar-refractivity contribution < 1.29 is 14.6 Å². The molecule has 1 aliphatic rings. The molecule has 0 spiro atoms. The maximum absolute atomic E-state index is 10.8. The Morgan fingerprint density at radius 3 is 2.75 bits per heavy atom. The molecule has 0 saturated carbocycles. The average molecular weight is 196 g/mol. The summed E-state index contributed by atoms with van der Waals surface area (Å²) in [5.41, 5.74) is 0. The first-order valence-electron chi connectivity index (χ1n) is 3.69. The van der Waals surface area contributed by atoms with Crippen molar-refractivity contribution in [1.82, 2.24) is 5.32 Å². The zero-order valence-electron chi connectivity index (χ0n) is 6.95. The molecule has 0 bridgehead atoms. The van der Waals surface area contributed by atoms with Gasteiger partial charge in [-0.05, 0) is 0 Å². The Morgan fingerprint density at radius 2 is 2.33 bits per heavy atom. The molecule has 0 radical (unpaired) electrons. The van der Waals surface area contributed by atoms with Crippen LogP contribution >= 0.6 is 12.4 Å². The van der Waals surface area contributed by atoms with E-state index in [1.807, 2.05) is 0 Å². The first-order chi connectivity index (χ1) is 5.24. The molecule has 1 saturated heterocycles. The van der Waals surface area contributed by atoms with Crippen LogP contribution in [0.4, 0.5) is 0 Å². The number of esters is 1.